The van der Waals surface area contributed by atoms with Gasteiger partial charge in [-0.15, -0.1) is 0 Å². The maximum atomic E-state index is 3.40. The fourth-order valence-corrected chi connectivity index (χ4v) is 3.20. The monoisotopic (exact) mass is 173 g/mol. The minimum Gasteiger partial charge on any atom is -0.316 e. The van der Waals surface area contributed by atoms with E-state index in [4.69, 9.17) is 0 Å². The van der Waals surface area contributed by atoms with Crippen LogP contribution in [0.25, 0.3) is 0 Å². The summed E-state index contributed by atoms with van der Waals surface area (Å²) in [4.78, 5) is 0. The van der Waals surface area contributed by atoms with Crippen molar-refractivity contribution in [3.63, 3.8) is 0 Å². The lowest BCUT2D eigenvalue weighted by atomic mass is 9.97. The van der Waals surface area contributed by atoms with Gasteiger partial charge < -0.3 is 5.32 Å². The lowest BCUT2D eigenvalue weighted by molar-refractivity contribution is 0.416. The van der Waals surface area contributed by atoms with E-state index in [9.17, 15) is 0 Å². The Morgan fingerprint density at radius 3 is 2.91 bits per heavy atom. The molecule has 0 aromatic rings. The van der Waals surface area contributed by atoms with E-state index in [1.54, 1.807) is 0 Å². The summed E-state index contributed by atoms with van der Waals surface area (Å²) in [6, 6.07) is 0.798. The van der Waals surface area contributed by atoms with Gasteiger partial charge in [0.15, 0.2) is 0 Å². The average molecular weight is 173 g/mol. The Labute approximate surface area is 74.3 Å². The molecule has 0 radical (unpaired) electrons. The zero-order valence-corrected chi connectivity index (χ0v) is 8.41. The molecule has 1 fully saturated rings. The summed E-state index contributed by atoms with van der Waals surface area (Å²) >= 11 is 2.10. The van der Waals surface area contributed by atoms with Gasteiger partial charge in [0.25, 0.3) is 0 Å². The van der Waals surface area contributed by atoms with Crippen LogP contribution < -0.4 is 5.32 Å². The normalized spacial score (nSPS) is 31.1. The quantitative estimate of drug-likeness (QED) is 0.699. The van der Waals surface area contributed by atoms with Gasteiger partial charge in [0.2, 0.25) is 0 Å². The van der Waals surface area contributed by atoms with E-state index in [1.807, 2.05) is 0 Å². The molecule has 0 saturated carbocycles. The lowest BCUT2D eigenvalue weighted by Gasteiger charge is -2.16. The van der Waals surface area contributed by atoms with Gasteiger partial charge in [-0.2, -0.15) is 11.8 Å². The first kappa shape index (κ1) is 9.40. The summed E-state index contributed by atoms with van der Waals surface area (Å²) in [5.41, 5.74) is 0. The van der Waals surface area contributed by atoms with Crippen LogP contribution in [0.1, 0.15) is 26.2 Å². The SMILES string of the molecule is CCCCC1CSCC1NC. The molecule has 1 N–H and O–H groups in total. The van der Waals surface area contributed by atoms with Crippen LogP contribution >= 0.6 is 11.8 Å². The fourth-order valence-electron chi connectivity index (χ4n) is 1.67. The standard InChI is InChI=1S/C9H19NS/c1-3-4-5-8-6-11-7-9(8)10-2/h8-10H,3-7H2,1-2H3. The Balaban J connectivity index is 2.20. The van der Waals surface area contributed by atoms with Crippen molar-refractivity contribution in [2.75, 3.05) is 18.6 Å². The van der Waals surface area contributed by atoms with Crippen molar-refractivity contribution in [3.05, 3.63) is 0 Å². The van der Waals surface area contributed by atoms with Crippen molar-refractivity contribution in [1.82, 2.24) is 5.32 Å². The highest BCUT2D eigenvalue weighted by Gasteiger charge is 2.25. The van der Waals surface area contributed by atoms with E-state index >= 15 is 0 Å². The molecule has 2 atom stereocenters. The average Bonchev–Trinajstić information content (AvgIpc) is 2.47. The summed E-state index contributed by atoms with van der Waals surface area (Å²) in [5.74, 6) is 3.65. The van der Waals surface area contributed by atoms with Crippen molar-refractivity contribution in [3.8, 4) is 0 Å². The minimum absolute atomic E-state index is 0.798. The first-order valence-corrected chi connectivity index (χ1v) is 5.79. The molecule has 2 heteroatoms. The van der Waals surface area contributed by atoms with Gasteiger partial charge in [-0.3, -0.25) is 0 Å². The second-order valence-electron chi connectivity index (χ2n) is 3.33. The molecule has 1 nitrogen and oxygen atoms in total. The topological polar surface area (TPSA) is 12.0 Å². The smallest absolute Gasteiger partial charge is 0.0191 e. The van der Waals surface area contributed by atoms with E-state index in [1.165, 1.54) is 30.8 Å². The molecule has 0 aromatic carbocycles. The summed E-state index contributed by atoms with van der Waals surface area (Å²) in [7, 11) is 2.09. The summed E-state index contributed by atoms with van der Waals surface area (Å²) in [5, 5.41) is 3.40. The van der Waals surface area contributed by atoms with Gasteiger partial charge in [0, 0.05) is 11.8 Å². The second-order valence-corrected chi connectivity index (χ2v) is 4.41. The summed E-state index contributed by atoms with van der Waals surface area (Å²) in [6.45, 7) is 2.27. The highest BCUT2D eigenvalue weighted by molar-refractivity contribution is 7.99. The number of hydrogen-bond acceptors (Lipinski definition) is 2. The van der Waals surface area contributed by atoms with Crippen molar-refractivity contribution >= 4 is 11.8 Å². The van der Waals surface area contributed by atoms with Gasteiger partial charge in [-0.25, -0.2) is 0 Å². The molecule has 0 aliphatic carbocycles. The molecule has 1 saturated heterocycles. The largest absolute Gasteiger partial charge is 0.316 e. The van der Waals surface area contributed by atoms with Crippen LogP contribution in [0, 0.1) is 5.92 Å². The number of hydrogen-bond donors (Lipinski definition) is 1. The van der Waals surface area contributed by atoms with E-state index in [0.29, 0.717) is 0 Å². The maximum absolute atomic E-state index is 3.40. The molecule has 1 heterocycles. The van der Waals surface area contributed by atoms with Gasteiger partial charge in [-0.1, -0.05) is 19.8 Å². The van der Waals surface area contributed by atoms with Crippen LogP contribution in [-0.2, 0) is 0 Å². The zero-order chi connectivity index (χ0) is 8.10. The molecule has 0 spiro atoms. The molecule has 66 valence electrons. The number of thioether (sulfide) groups is 1. The molecule has 1 aliphatic heterocycles. The van der Waals surface area contributed by atoms with E-state index in [2.05, 4.69) is 31.1 Å². The molecular formula is C9H19NS. The van der Waals surface area contributed by atoms with Crippen molar-refractivity contribution in [2.45, 2.75) is 32.2 Å². The minimum atomic E-state index is 0.798. The van der Waals surface area contributed by atoms with E-state index in [0.717, 1.165) is 12.0 Å². The van der Waals surface area contributed by atoms with E-state index < -0.39 is 0 Å². The molecule has 0 aromatic heterocycles. The van der Waals surface area contributed by atoms with Gasteiger partial charge in [0.05, 0.1) is 0 Å². The first-order valence-electron chi connectivity index (χ1n) is 4.63. The van der Waals surface area contributed by atoms with Crippen LogP contribution in [0.2, 0.25) is 0 Å². The Bertz CT molecular complexity index is 106. The van der Waals surface area contributed by atoms with Crippen LogP contribution in [0.3, 0.4) is 0 Å². The number of rotatable bonds is 4. The van der Waals surface area contributed by atoms with Crippen molar-refractivity contribution in [2.24, 2.45) is 5.92 Å². The highest BCUT2D eigenvalue weighted by Crippen LogP contribution is 2.27. The third-order valence-electron chi connectivity index (χ3n) is 2.50. The Morgan fingerprint density at radius 2 is 2.27 bits per heavy atom. The predicted octanol–water partition coefficient (Wildman–Crippen LogP) is 2.13. The zero-order valence-electron chi connectivity index (χ0n) is 7.60. The highest BCUT2D eigenvalue weighted by atomic mass is 32.2. The molecule has 2 unspecified atom stereocenters. The van der Waals surface area contributed by atoms with Crippen LogP contribution in [0.15, 0.2) is 0 Å². The molecule has 11 heavy (non-hydrogen) atoms. The molecule has 1 rings (SSSR count). The Morgan fingerprint density at radius 1 is 1.45 bits per heavy atom. The van der Waals surface area contributed by atoms with Gasteiger partial charge >= 0.3 is 0 Å². The molecular weight excluding hydrogens is 154 g/mol. The lowest BCUT2D eigenvalue weighted by Crippen LogP contribution is -2.32. The predicted molar refractivity (Wildman–Crippen MR) is 53.2 cm³/mol. The van der Waals surface area contributed by atoms with Crippen molar-refractivity contribution < 1.29 is 0 Å². The molecule has 0 amide bonds. The van der Waals surface area contributed by atoms with Crippen LogP contribution in [0.4, 0.5) is 0 Å². The van der Waals surface area contributed by atoms with Gasteiger partial charge in [-0.05, 0) is 25.1 Å². The van der Waals surface area contributed by atoms with Crippen LogP contribution in [0.5, 0.6) is 0 Å². The Kier molecular flexibility index (Phi) is 4.31. The fraction of sp³-hybridized carbons (Fsp3) is 1.00. The van der Waals surface area contributed by atoms with Crippen LogP contribution in [-0.4, -0.2) is 24.6 Å². The number of unbranched alkanes of at least 4 members (excludes halogenated alkanes) is 1. The number of nitrogens with one attached hydrogen (secondary N) is 1. The molecule has 1 aliphatic rings. The maximum Gasteiger partial charge on any atom is 0.0191 e. The third kappa shape index (κ3) is 2.68. The van der Waals surface area contributed by atoms with E-state index in [-0.39, 0.29) is 0 Å². The first-order chi connectivity index (χ1) is 5.38. The molecule has 0 bridgehead atoms. The third-order valence-corrected chi connectivity index (χ3v) is 3.76. The van der Waals surface area contributed by atoms with Crippen molar-refractivity contribution in [1.29, 1.82) is 0 Å². The van der Waals surface area contributed by atoms with Gasteiger partial charge in [0.1, 0.15) is 0 Å². The summed E-state index contributed by atoms with van der Waals surface area (Å²) in [6.07, 6.45) is 4.18. The Hall–Kier alpha value is 0.310. The summed E-state index contributed by atoms with van der Waals surface area (Å²) < 4.78 is 0. The second kappa shape index (κ2) is 5.04.